The molecular formula is C25H29N3O4. The summed E-state index contributed by atoms with van der Waals surface area (Å²) in [6, 6.07) is 18.3. The third-order valence-corrected chi connectivity index (χ3v) is 5.61. The van der Waals surface area contributed by atoms with Gasteiger partial charge in [0.15, 0.2) is 0 Å². The second kappa shape index (κ2) is 10.9. The Bertz CT molecular complexity index is 1080. The lowest BCUT2D eigenvalue weighted by Crippen LogP contribution is -2.25. The van der Waals surface area contributed by atoms with E-state index in [1.54, 1.807) is 5.48 Å². The van der Waals surface area contributed by atoms with Crippen LogP contribution >= 0.6 is 0 Å². The lowest BCUT2D eigenvalue weighted by atomic mass is 9.96. The van der Waals surface area contributed by atoms with E-state index < -0.39 is 11.8 Å². The maximum Gasteiger partial charge on any atom is 0.274 e. The van der Waals surface area contributed by atoms with Gasteiger partial charge in [0.2, 0.25) is 0 Å². The first-order valence-electron chi connectivity index (χ1n) is 10.7. The zero-order valence-electron chi connectivity index (χ0n) is 18.6. The Morgan fingerprint density at radius 3 is 2.09 bits per heavy atom. The SMILES string of the molecule is CCN(CC)Cc1ccc(C(C)ONC(=O)c2ccc(C(=O)NO)cc2)c2ccccc12. The van der Waals surface area contributed by atoms with Crippen molar-refractivity contribution in [2.45, 2.75) is 33.4 Å². The Labute approximate surface area is 187 Å². The fourth-order valence-corrected chi connectivity index (χ4v) is 3.67. The third kappa shape index (κ3) is 5.31. The molecule has 3 rings (SSSR count). The molecule has 168 valence electrons. The highest BCUT2D eigenvalue weighted by molar-refractivity contribution is 5.97. The van der Waals surface area contributed by atoms with Gasteiger partial charge in [0, 0.05) is 17.7 Å². The molecule has 0 aliphatic heterocycles. The number of fused-ring (bicyclic) bond motifs is 1. The molecule has 0 heterocycles. The molecular weight excluding hydrogens is 406 g/mol. The summed E-state index contributed by atoms with van der Waals surface area (Å²) in [6.07, 6.45) is -0.370. The topological polar surface area (TPSA) is 90.9 Å². The predicted octanol–water partition coefficient (Wildman–Crippen LogP) is 4.22. The van der Waals surface area contributed by atoms with Gasteiger partial charge >= 0.3 is 0 Å². The van der Waals surface area contributed by atoms with Crippen molar-refractivity contribution in [2.75, 3.05) is 13.1 Å². The summed E-state index contributed by atoms with van der Waals surface area (Å²) in [5, 5.41) is 11.0. The van der Waals surface area contributed by atoms with Gasteiger partial charge in [-0.05, 0) is 66.2 Å². The zero-order chi connectivity index (χ0) is 23.1. The van der Waals surface area contributed by atoms with Gasteiger partial charge in [0.1, 0.15) is 6.10 Å². The molecule has 7 heteroatoms. The first-order valence-corrected chi connectivity index (χ1v) is 10.7. The number of carbonyl (C=O) groups excluding carboxylic acids is 2. The maximum atomic E-state index is 12.4. The summed E-state index contributed by atoms with van der Waals surface area (Å²) in [7, 11) is 0. The number of amides is 2. The average molecular weight is 436 g/mol. The van der Waals surface area contributed by atoms with Gasteiger partial charge in [0.25, 0.3) is 11.8 Å². The largest absolute Gasteiger partial charge is 0.300 e. The van der Waals surface area contributed by atoms with Crippen LogP contribution in [-0.4, -0.2) is 35.0 Å². The Kier molecular flexibility index (Phi) is 7.94. The number of nitrogens with one attached hydrogen (secondary N) is 2. The van der Waals surface area contributed by atoms with Crippen molar-refractivity contribution >= 4 is 22.6 Å². The second-order valence-corrected chi connectivity index (χ2v) is 7.53. The van der Waals surface area contributed by atoms with Crippen LogP contribution in [0.2, 0.25) is 0 Å². The van der Waals surface area contributed by atoms with E-state index in [9.17, 15) is 9.59 Å². The van der Waals surface area contributed by atoms with Crippen LogP contribution in [0.25, 0.3) is 10.8 Å². The Hall–Kier alpha value is -3.26. The normalized spacial score (nSPS) is 12.0. The minimum absolute atomic E-state index is 0.245. The number of hydrogen-bond acceptors (Lipinski definition) is 5. The Morgan fingerprint density at radius 1 is 0.906 bits per heavy atom. The van der Waals surface area contributed by atoms with E-state index in [1.807, 2.05) is 19.1 Å². The predicted molar refractivity (Wildman–Crippen MR) is 123 cm³/mol. The molecule has 0 aromatic heterocycles. The molecule has 0 saturated carbocycles. The van der Waals surface area contributed by atoms with E-state index in [2.05, 4.69) is 48.5 Å². The molecule has 0 fully saturated rings. The zero-order valence-corrected chi connectivity index (χ0v) is 18.6. The molecule has 0 radical (unpaired) electrons. The van der Waals surface area contributed by atoms with Crippen molar-refractivity contribution in [3.05, 3.63) is 82.9 Å². The van der Waals surface area contributed by atoms with Crippen LogP contribution in [0.4, 0.5) is 0 Å². The number of hydrogen-bond donors (Lipinski definition) is 3. The van der Waals surface area contributed by atoms with E-state index in [-0.39, 0.29) is 11.7 Å². The van der Waals surface area contributed by atoms with Gasteiger partial charge in [-0.25, -0.2) is 11.0 Å². The first-order chi connectivity index (χ1) is 15.5. The highest BCUT2D eigenvalue weighted by atomic mass is 16.7. The average Bonchev–Trinajstić information content (AvgIpc) is 2.85. The smallest absolute Gasteiger partial charge is 0.274 e. The van der Waals surface area contributed by atoms with Gasteiger partial charge in [-0.15, -0.1) is 0 Å². The number of hydroxylamine groups is 2. The number of carbonyl (C=O) groups is 2. The Balaban J connectivity index is 1.73. The first kappa shape index (κ1) is 23.4. The summed E-state index contributed by atoms with van der Waals surface area (Å²) in [4.78, 5) is 31.9. The van der Waals surface area contributed by atoms with Crippen LogP contribution in [0.3, 0.4) is 0 Å². The van der Waals surface area contributed by atoms with Crippen molar-refractivity contribution in [3.8, 4) is 0 Å². The molecule has 32 heavy (non-hydrogen) atoms. The van der Waals surface area contributed by atoms with E-state index in [1.165, 1.54) is 35.2 Å². The molecule has 0 aliphatic carbocycles. The van der Waals surface area contributed by atoms with E-state index in [4.69, 9.17) is 10.0 Å². The second-order valence-electron chi connectivity index (χ2n) is 7.53. The number of rotatable bonds is 9. The highest BCUT2D eigenvalue weighted by Crippen LogP contribution is 2.29. The standard InChI is InChI=1S/C25H29N3O4/c1-4-28(5-2)16-20-14-15-21(23-9-7-6-8-22(20)23)17(3)32-27-25(30)19-12-10-18(11-13-19)24(29)26-31/h6-15,17,31H,4-5,16H2,1-3H3,(H,26,29)(H,27,30). The lowest BCUT2D eigenvalue weighted by molar-refractivity contribution is -0.00832. The monoisotopic (exact) mass is 435 g/mol. The summed E-state index contributed by atoms with van der Waals surface area (Å²) in [5.41, 5.74) is 6.88. The van der Waals surface area contributed by atoms with E-state index >= 15 is 0 Å². The quantitative estimate of drug-likeness (QED) is 0.346. The molecule has 3 N–H and O–H groups in total. The fourth-order valence-electron chi connectivity index (χ4n) is 3.67. The van der Waals surface area contributed by atoms with Crippen LogP contribution < -0.4 is 11.0 Å². The molecule has 3 aromatic rings. The Morgan fingerprint density at radius 2 is 1.50 bits per heavy atom. The van der Waals surface area contributed by atoms with Crippen LogP contribution in [-0.2, 0) is 11.4 Å². The van der Waals surface area contributed by atoms with Crippen LogP contribution in [0, 0.1) is 0 Å². The summed E-state index contributed by atoms with van der Waals surface area (Å²) in [5.74, 6) is -1.06. The minimum atomic E-state index is -0.641. The van der Waals surface area contributed by atoms with Crippen molar-refractivity contribution in [1.82, 2.24) is 15.9 Å². The van der Waals surface area contributed by atoms with Crippen molar-refractivity contribution in [1.29, 1.82) is 0 Å². The molecule has 0 saturated heterocycles. The van der Waals surface area contributed by atoms with Crippen molar-refractivity contribution < 1.29 is 19.6 Å². The molecule has 0 bridgehead atoms. The summed E-state index contributed by atoms with van der Waals surface area (Å²) in [6.45, 7) is 9.07. The highest BCUT2D eigenvalue weighted by Gasteiger charge is 2.16. The van der Waals surface area contributed by atoms with E-state index in [0.717, 1.165) is 30.6 Å². The lowest BCUT2D eigenvalue weighted by Gasteiger charge is -2.21. The van der Waals surface area contributed by atoms with Gasteiger partial charge in [-0.3, -0.25) is 24.5 Å². The maximum absolute atomic E-state index is 12.4. The third-order valence-electron chi connectivity index (χ3n) is 5.61. The van der Waals surface area contributed by atoms with Gasteiger partial charge in [-0.2, -0.15) is 0 Å². The molecule has 0 spiro atoms. The summed E-state index contributed by atoms with van der Waals surface area (Å²) >= 11 is 0. The number of nitrogens with zero attached hydrogens (tertiary/aromatic N) is 1. The van der Waals surface area contributed by atoms with Crippen molar-refractivity contribution in [2.24, 2.45) is 0 Å². The summed E-state index contributed by atoms with van der Waals surface area (Å²) < 4.78 is 0. The molecule has 1 unspecified atom stereocenters. The molecule has 2 amide bonds. The van der Waals surface area contributed by atoms with Crippen LogP contribution in [0.15, 0.2) is 60.7 Å². The molecule has 7 nitrogen and oxygen atoms in total. The van der Waals surface area contributed by atoms with Crippen molar-refractivity contribution in [3.63, 3.8) is 0 Å². The van der Waals surface area contributed by atoms with Gasteiger partial charge < -0.3 is 0 Å². The van der Waals surface area contributed by atoms with Crippen LogP contribution in [0.5, 0.6) is 0 Å². The molecule has 0 aliphatic rings. The molecule has 3 aromatic carbocycles. The van der Waals surface area contributed by atoms with Crippen LogP contribution in [0.1, 0.15) is 58.7 Å². The molecule has 1 atom stereocenters. The van der Waals surface area contributed by atoms with E-state index in [0.29, 0.717) is 5.56 Å². The minimum Gasteiger partial charge on any atom is -0.300 e. The number of benzene rings is 3. The van der Waals surface area contributed by atoms with Gasteiger partial charge in [0.05, 0.1) is 0 Å². The fraction of sp³-hybridized carbons (Fsp3) is 0.280. The van der Waals surface area contributed by atoms with Gasteiger partial charge in [-0.1, -0.05) is 50.2 Å².